The summed E-state index contributed by atoms with van der Waals surface area (Å²) < 4.78 is 92.8. The molecule has 0 spiro atoms. The van der Waals surface area contributed by atoms with Gasteiger partial charge < -0.3 is 80.0 Å². The zero-order valence-corrected chi connectivity index (χ0v) is 46.6. The van der Waals surface area contributed by atoms with Gasteiger partial charge in [0.25, 0.3) is 0 Å². The van der Waals surface area contributed by atoms with E-state index in [1.807, 2.05) is 74.5 Å². The van der Waals surface area contributed by atoms with Gasteiger partial charge in [-0.05, 0) is 129 Å². The minimum absolute atomic E-state index is 0.118. The van der Waals surface area contributed by atoms with Gasteiger partial charge in [0.2, 0.25) is 0 Å². The van der Waals surface area contributed by atoms with Crippen molar-refractivity contribution >= 4 is 41.4 Å². The molecule has 0 atom stereocenters. The van der Waals surface area contributed by atoms with Crippen molar-refractivity contribution in [2.75, 3.05) is 154 Å². The standard InChI is InChI=1S/C61H76BF2N5O10/c1-44-7-16-53-56(39-44)77-30-23-67(24-31-78-57-40-45(2)8-17-54(57)66-21-28-74-36-34-72-26-19-65(53)20-27-73-35-37-75-29-22-66)55-18-10-49(43-58(55)79-38-33-71-6)9-13-51-42-47(4)61-59(50-11-14-52(15-12-50)76-32-25-70)60-46(3)41-48(5)68(60)62(63,64)69(51)61/h7-18,39-43,70H,19-38H2,1-6H3. The number of benzene rings is 4. The van der Waals surface area contributed by atoms with Gasteiger partial charge >= 0.3 is 6.97 Å². The van der Waals surface area contributed by atoms with E-state index in [1.54, 1.807) is 20.1 Å². The van der Waals surface area contributed by atoms with Crippen molar-refractivity contribution in [2.24, 2.45) is 0 Å². The first-order chi connectivity index (χ1) is 38.4. The summed E-state index contributed by atoms with van der Waals surface area (Å²) >= 11 is 0. The molecule has 5 aliphatic rings. The number of hydrogen-bond donors (Lipinski definition) is 1. The molecule has 0 aliphatic carbocycles. The van der Waals surface area contributed by atoms with Crippen LogP contribution in [-0.2, 0) is 23.7 Å². The van der Waals surface area contributed by atoms with Crippen LogP contribution in [0.2, 0.25) is 0 Å². The SMILES string of the molecule is COCCOc1cc(C=CC2=[N+]3C(=C(c4ccc(OCCO)cc4)c4c(C)cc(C)n4[B-]3(F)F)C(C)=C2)ccc1N1CCOc2cc(C)ccc2N2CCOCCOCCN(CCOCCOCC2)c2ccc(C)cc2OCC1. The summed E-state index contributed by atoms with van der Waals surface area (Å²) in [6.07, 6.45) is 5.45. The van der Waals surface area contributed by atoms with Crippen molar-refractivity contribution in [1.82, 2.24) is 4.48 Å². The Bertz CT molecular complexity index is 2920. The lowest BCUT2D eigenvalue weighted by molar-refractivity contribution is -0.362. The lowest BCUT2D eigenvalue weighted by Gasteiger charge is -2.34. The van der Waals surface area contributed by atoms with Crippen LogP contribution in [-0.4, -0.2) is 166 Å². The zero-order valence-electron chi connectivity index (χ0n) is 46.6. The molecule has 0 amide bonds. The lowest BCUT2D eigenvalue weighted by atomic mass is 9.84. The maximum atomic E-state index is 17.3. The number of hydrogen-bond acceptors (Lipinski definition) is 13. The Labute approximate surface area is 463 Å². The lowest BCUT2D eigenvalue weighted by Crippen LogP contribution is -2.51. The number of rotatable bonds is 11. The fraction of sp³-hybridized carbons (Fsp3) is 0.426. The second-order valence-corrected chi connectivity index (χ2v) is 20.2. The Kier molecular flexibility index (Phi) is 19.5. The largest absolute Gasteiger partial charge is 0.737 e. The predicted molar refractivity (Wildman–Crippen MR) is 307 cm³/mol. The van der Waals surface area contributed by atoms with Crippen molar-refractivity contribution in [2.45, 2.75) is 34.6 Å². The number of aromatic nitrogens is 1. The second-order valence-electron chi connectivity index (χ2n) is 20.2. The van der Waals surface area contributed by atoms with E-state index in [0.717, 1.165) is 62.0 Å². The molecule has 10 rings (SSSR count). The molecule has 18 heteroatoms. The van der Waals surface area contributed by atoms with E-state index in [2.05, 4.69) is 64.9 Å². The number of halogens is 2. The van der Waals surface area contributed by atoms with Crippen LogP contribution >= 0.6 is 0 Å². The quantitative estimate of drug-likeness (QED) is 0.0771. The van der Waals surface area contributed by atoms with Crippen LogP contribution in [0.4, 0.5) is 25.7 Å². The van der Waals surface area contributed by atoms with E-state index in [0.29, 0.717) is 152 Å². The Morgan fingerprint density at radius 1 is 0.595 bits per heavy atom. The van der Waals surface area contributed by atoms with Crippen molar-refractivity contribution in [3.05, 3.63) is 148 Å². The van der Waals surface area contributed by atoms with Crippen molar-refractivity contribution < 1.29 is 60.9 Å². The van der Waals surface area contributed by atoms with Gasteiger partial charge in [0, 0.05) is 56.7 Å². The van der Waals surface area contributed by atoms with Gasteiger partial charge in [0.15, 0.2) is 11.4 Å². The summed E-state index contributed by atoms with van der Waals surface area (Å²) in [5.41, 5.74) is 10.3. The molecule has 5 aromatic rings. The van der Waals surface area contributed by atoms with Gasteiger partial charge in [-0.2, -0.15) is 0 Å². The van der Waals surface area contributed by atoms with Gasteiger partial charge in [-0.3, -0.25) is 0 Å². The molecule has 6 heterocycles. The number of nitrogens with zero attached hydrogens (tertiary/aromatic N) is 5. The Hall–Kier alpha value is -6.67. The molecule has 1 fully saturated rings. The maximum absolute atomic E-state index is 17.3. The second kappa shape index (κ2) is 27.0. The molecule has 79 heavy (non-hydrogen) atoms. The van der Waals surface area contributed by atoms with Crippen molar-refractivity contribution in [3.8, 4) is 23.0 Å². The first kappa shape index (κ1) is 57.0. The van der Waals surface area contributed by atoms with Crippen LogP contribution in [0.5, 0.6) is 23.0 Å². The van der Waals surface area contributed by atoms with Crippen LogP contribution in [0, 0.1) is 27.7 Å². The van der Waals surface area contributed by atoms with E-state index >= 15 is 8.63 Å². The molecule has 2 bridgehead atoms. The highest BCUT2D eigenvalue weighted by atomic mass is 19.2. The smallest absolute Gasteiger partial charge is 0.491 e. The molecule has 1 aromatic heterocycles. The van der Waals surface area contributed by atoms with Gasteiger partial charge in [0.1, 0.15) is 49.4 Å². The Morgan fingerprint density at radius 2 is 1.14 bits per heavy atom. The average Bonchev–Trinajstić information content (AvgIpc) is 3.27. The Morgan fingerprint density at radius 3 is 1.70 bits per heavy atom. The molecule has 1 saturated heterocycles. The number of ether oxygens (including phenoxy) is 9. The topological polar surface area (TPSA) is 121 Å². The minimum Gasteiger partial charge on any atom is -0.491 e. The monoisotopic (exact) mass is 1090 g/mol. The predicted octanol–water partition coefficient (Wildman–Crippen LogP) is 8.91. The van der Waals surface area contributed by atoms with E-state index in [-0.39, 0.29) is 19.8 Å². The Balaban J connectivity index is 1.08. The molecule has 5 aliphatic heterocycles. The molecule has 0 saturated carbocycles. The van der Waals surface area contributed by atoms with Crippen LogP contribution < -0.4 is 33.6 Å². The first-order valence-corrected chi connectivity index (χ1v) is 27.6. The fourth-order valence-corrected chi connectivity index (χ4v) is 10.7. The highest BCUT2D eigenvalue weighted by molar-refractivity contribution is 6.58. The number of aliphatic hydroxyl groups excluding tert-OH is 1. The van der Waals surface area contributed by atoms with E-state index in [9.17, 15) is 5.11 Å². The van der Waals surface area contributed by atoms with Crippen molar-refractivity contribution in [1.29, 1.82) is 0 Å². The number of allylic oxidation sites excluding steroid dienone is 3. The molecule has 0 radical (unpaired) electrons. The summed E-state index contributed by atoms with van der Waals surface area (Å²) in [6.45, 7) is 13.9. The minimum atomic E-state index is -4.31. The fourth-order valence-electron chi connectivity index (χ4n) is 10.7. The van der Waals surface area contributed by atoms with Gasteiger partial charge in [0.05, 0.1) is 102 Å². The van der Waals surface area contributed by atoms with Crippen LogP contribution in [0.3, 0.4) is 0 Å². The summed E-state index contributed by atoms with van der Waals surface area (Å²) in [4.78, 5) is 6.71. The van der Waals surface area contributed by atoms with Crippen LogP contribution in [0.15, 0.2) is 108 Å². The molecule has 15 nitrogen and oxygen atoms in total. The van der Waals surface area contributed by atoms with E-state index < -0.39 is 6.97 Å². The normalized spacial score (nSPS) is 18.1. The summed E-state index contributed by atoms with van der Waals surface area (Å²) in [6, 6.07) is 27.7. The van der Waals surface area contributed by atoms with Crippen LogP contribution in [0.25, 0.3) is 11.6 Å². The molecule has 0 unspecified atom stereocenters. The van der Waals surface area contributed by atoms with E-state index in [1.165, 1.54) is 8.96 Å². The molecule has 422 valence electrons. The molecular weight excluding hydrogens is 1010 g/mol. The third-order valence-electron chi connectivity index (χ3n) is 14.5. The van der Waals surface area contributed by atoms with E-state index in [4.69, 9.17) is 42.6 Å². The molecular formula is C61H76BF2N5O10. The first-order valence-electron chi connectivity index (χ1n) is 27.6. The van der Waals surface area contributed by atoms with Gasteiger partial charge in [-0.15, -0.1) is 0 Å². The zero-order chi connectivity index (χ0) is 55.3. The van der Waals surface area contributed by atoms with Crippen molar-refractivity contribution in [3.63, 3.8) is 0 Å². The number of aliphatic hydroxyl groups is 1. The number of anilines is 3. The van der Waals surface area contributed by atoms with Gasteiger partial charge in [-0.25, -0.2) is 0 Å². The summed E-state index contributed by atoms with van der Waals surface area (Å²) in [5.74, 6) is 2.67. The summed E-state index contributed by atoms with van der Waals surface area (Å²) in [7, 11) is 1.63. The molecule has 4 aromatic carbocycles. The molecule has 1 N–H and O–H groups in total. The maximum Gasteiger partial charge on any atom is 0.737 e. The third-order valence-corrected chi connectivity index (χ3v) is 14.5. The number of fused-ring (bicyclic) bond motifs is 22. The van der Waals surface area contributed by atoms with Crippen LogP contribution in [0.1, 0.15) is 46.1 Å². The average molecular weight is 1090 g/mol. The number of methoxy groups -OCH3 is 1. The highest BCUT2D eigenvalue weighted by Crippen LogP contribution is 2.45. The highest BCUT2D eigenvalue weighted by Gasteiger charge is 2.55. The number of aryl methyl sites for hydroxylation is 4. The third kappa shape index (κ3) is 13.7. The summed E-state index contributed by atoms with van der Waals surface area (Å²) in [5, 5.41) is 9.33. The van der Waals surface area contributed by atoms with Gasteiger partial charge in [-0.1, -0.05) is 30.3 Å².